The number of amides is 1. The highest BCUT2D eigenvalue weighted by Crippen LogP contribution is 2.39. The van der Waals surface area contributed by atoms with E-state index in [1.165, 1.54) is 0 Å². The largest absolute Gasteiger partial charge is 0.473 e. The topological polar surface area (TPSA) is 116 Å². The number of hydrogen-bond acceptors (Lipinski definition) is 9. The van der Waals surface area contributed by atoms with Gasteiger partial charge in [-0.05, 0) is 69.9 Å². The maximum Gasteiger partial charge on any atom is 0.407 e. The number of anilines is 1. The van der Waals surface area contributed by atoms with Gasteiger partial charge in [-0.3, -0.25) is 0 Å². The van der Waals surface area contributed by atoms with Crippen LogP contribution in [0.1, 0.15) is 67.2 Å². The molecule has 4 aromatic heterocycles. The molecule has 1 N–H and O–H groups in total. The normalized spacial score (nSPS) is 20.9. The van der Waals surface area contributed by atoms with Gasteiger partial charge in [0.25, 0.3) is 0 Å². The second-order valence-electron chi connectivity index (χ2n) is 14.9. The zero-order chi connectivity index (χ0) is 32.1. The van der Waals surface area contributed by atoms with Crippen LogP contribution in [0.2, 0.25) is 18.1 Å². The molecule has 4 aromatic rings. The van der Waals surface area contributed by atoms with Gasteiger partial charge in [0.15, 0.2) is 19.7 Å². The molecule has 11 nitrogen and oxygen atoms in total. The first-order chi connectivity index (χ1) is 21.2. The van der Waals surface area contributed by atoms with Crippen molar-refractivity contribution in [1.29, 1.82) is 0 Å². The first kappa shape index (κ1) is 31.3. The minimum absolute atomic E-state index is 0.0181. The molecule has 12 heteroatoms. The number of alkyl carbamates (subject to hydrolysis) is 1. The van der Waals surface area contributed by atoms with E-state index in [4.69, 9.17) is 28.4 Å². The number of fused-ring (bicyclic) bond motifs is 2. The molecule has 1 aliphatic carbocycles. The Morgan fingerprint density at radius 1 is 1.11 bits per heavy atom. The number of furan rings is 1. The Morgan fingerprint density at radius 2 is 1.89 bits per heavy atom. The van der Waals surface area contributed by atoms with E-state index in [0.717, 1.165) is 41.9 Å². The van der Waals surface area contributed by atoms with Gasteiger partial charge in [0.05, 0.1) is 24.2 Å². The molecule has 45 heavy (non-hydrogen) atoms. The van der Waals surface area contributed by atoms with Crippen molar-refractivity contribution in [3.63, 3.8) is 0 Å². The van der Waals surface area contributed by atoms with Crippen LogP contribution in [0.25, 0.3) is 28.1 Å². The maximum absolute atomic E-state index is 12.1. The quantitative estimate of drug-likeness (QED) is 0.205. The SMILES string of the molecule is CC(C)(C)OC(=O)NC1CC(Oc2ccc3ncc(-c4cc5c(N6CCC[C@@H]6CO[Si](C)(C)C(C)(C)C)nccc5o4)n3n2)C1. The molecule has 6 rings (SSSR count). The third kappa shape index (κ3) is 6.67. The minimum Gasteiger partial charge on any atom is -0.473 e. The summed E-state index contributed by atoms with van der Waals surface area (Å²) in [7, 11) is -1.86. The number of rotatable bonds is 8. The molecule has 0 radical (unpaired) electrons. The van der Waals surface area contributed by atoms with Crippen LogP contribution in [-0.4, -0.2) is 70.9 Å². The van der Waals surface area contributed by atoms with Crippen LogP contribution in [0.4, 0.5) is 10.6 Å². The molecule has 2 aliphatic rings. The van der Waals surface area contributed by atoms with Crippen LogP contribution in [-0.2, 0) is 9.16 Å². The van der Waals surface area contributed by atoms with Crippen LogP contribution in [0, 0.1) is 0 Å². The molecule has 0 bridgehead atoms. The van der Waals surface area contributed by atoms with E-state index < -0.39 is 20.0 Å². The summed E-state index contributed by atoms with van der Waals surface area (Å²) in [6, 6.07) is 7.94. The predicted octanol–water partition coefficient (Wildman–Crippen LogP) is 6.96. The van der Waals surface area contributed by atoms with Gasteiger partial charge in [0, 0.05) is 37.7 Å². The molecule has 1 aliphatic heterocycles. The molecule has 0 spiro atoms. The number of nitrogens with zero attached hydrogens (tertiary/aromatic N) is 5. The second kappa shape index (κ2) is 11.6. The predicted molar refractivity (Wildman–Crippen MR) is 176 cm³/mol. The van der Waals surface area contributed by atoms with Crippen LogP contribution < -0.4 is 15.0 Å². The standard InChI is InChI=1S/C33H46N6O5Si/c1-32(2,3)44-31(40)36-21-16-23(17-21)42-29-12-11-28-35-19-25(39(28)37-29)27-18-24-26(43-27)13-14-34-30(24)38-15-9-10-22(38)20-41-45(7,8)33(4,5)6/h11-14,18-19,21-23H,9-10,15-17,20H2,1-8H3,(H,36,40)/t21?,22-,23?/m1/s1. The Kier molecular flexibility index (Phi) is 8.09. The molecule has 1 amide bonds. The van der Waals surface area contributed by atoms with Gasteiger partial charge in [0.2, 0.25) is 5.88 Å². The van der Waals surface area contributed by atoms with E-state index in [2.05, 4.69) is 49.1 Å². The number of nitrogens with one attached hydrogen (secondary N) is 1. The second-order valence-corrected chi connectivity index (χ2v) is 19.7. The molecular formula is C33H46N6O5Si. The van der Waals surface area contributed by atoms with E-state index in [1.807, 2.05) is 51.2 Å². The zero-order valence-corrected chi connectivity index (χ0v) is 28.7. The van der Waals surface area contributed by atoms with Gasteiger partial charge in [-0.15, -0.1) is 5.10 Å². The number of carbonyl (C=O) groups is 1. The number of pyridine rings is 1. The molecule has 242 valence electrons. The third-order valence-electron chi connectivity index (χ3n) is 9.21. The van der Waals surface area contributed by atoms with Crippen LogP contribution >= 0.6 is 0 Å². The summed E-state index contributed by atoms with van der Waals surface area (Å²) >= 11 is 0. The first-order valence-electron chi connectivity index (χ1n) is 16.0. The molecule has 1 saturated heterocycles. The van der Waals surface area contributed by atoms with E-state index in [9.17, 15) is 4.79 Å². The lowest BCUT2D eigenvalue weighted by molar-refractivity contribution is 0.0352. The van der Waals surface area contributed by atoms with Gasteiger partial charge in [0.1, 0.15) is 28.8 Å². The van der Waals surface area contributed by atoms with Crippen molar-refractivity contribution in [2.24, 2.45) is 0 Å². The van der Waals surface area contributed by atoms with E-state index >= 15 is 0 Å². The van der Waals surface area contributed by atoms with Crippen molar-refractivity contribution in [3.05, 3.63) is 36.7 Å². The monoisotopic (exact) mass is 634 g/mol. The molecule has 0 aromatic carbocycles. The Labute approximate surface area is 265 Å². The molecule has 1 saturated carbocycles. The third-order valence-corrected chi connectivity index (χ3v) is 13.7. The van der Waals surface area contributed by atoms with Gasteiger partial charge in [-0.1, -0.05) is 20.8 Å². The van der Waals surface area contributed by atoms with Crippen molar-refractivity contribution in [3.8, 4) is 17.3 Å². The summed E-state index contributed by atoms with van der Waals surface area (Å²) in [6.07, 6.45) is 6.70. The van der Waals surface area contributed by atoms with Crippen LogP contribution in [0.5, 0.6) is 5.88 Å². The van der Waals surface area contributed by atoms with Crippen molar-refractivity contribution < 1.29 is 23.1 Å². The zero-order valence-electron chi connectivity index (χ0n) is 27.7. The van der Waals surface area contributed by atoms with E-state index in [-0.39, 0.29) is 23.2 Å². The summed E-state index contributed by atoms with van der Waals surface area (Å²) in [5.74, 6) is 2.08. The van der Waals surface area contributed by atoms with Crippen molar-refractivity contribution in [2.45, 2.75) is 109 Å². The summed E-state index contributed by atoms with van der Waals surface area (Å²) in [4.78, 5) is 23.8. The Hall–Kier alpha value is -3.64. The summed E-state index contributed by atoms with van der Waals surface area (Å²) < 4.78 is 26.3. The maximum atomic E-state index is 12.1. The average Bonchev–Trinajstić information content (AvgIpc) is 3.66. The lowest BCUT2D eigenvalue weighted by Crippen LogP contribution is -2.50. The van der Waals surface area contributed by atoms with E-state index in [1.54, 1.807) is 10.7 Å². The van der Waals surface area contributed by atoms with Gasteiger partial charge >= 0.3 is 6.09 Å². The fourth-order valence-electron chi connectivity index (χ4n) is 5.62. The fraction of sp³-hybridized carbons (Fsp3) is 0.576. The smallest absolute Gasteiger partial charge is 0.407 e. The minimum atomic E-state index is -1.86. The number of ether oxygens (including phenoxy) is 2. The van der Waals surface area contributed by atoms with Gasteiger partial charge < -0.3 is 28.5 Å². The number of carbonyl (C=O) groups excluding carboxylic acids is 1. The lowest BCUT2D eigenvalue weighted by atomic mass is 9.89. The number of imidazole rings is 1. The highest BCUT2D eigenvalue weighted by Gasteiger charge is 2.39. The Balaban J connectivity index is 1.17. The average molecular weight is 635 g/mol. The highest BCUT2D eigenvalue weighted by atomic mass is 28.4. The first-order valence-corrected chi connectivity index (χ1v) is 18.9. The van der Waals surface area contributed by atoms with Crippen LogP contribution in [0.3, 0.4) is 0 Å². The molecule has 2 fully saturated rings. The summed E-state index contributed by atoms with van der Waals surface area (Å²) in [5.41, 5.74) is 1.66. The van der Waals surface area contributed by atoms with Gasteiger partial charge in [-0.2, -0.15) is 0 Å². The molecule has 1 atom stereocenters. The molecule has 5 heterocycles. The van der Waals surface area contributed by atoms with Crippen LogP contribution in [0.15, 0.2) is 41.1 Å². The Morgan fingerprint density at radius 3 is 2.62 bits per heavy atom. The van der Waals surface area contributed by atoms with Crippen molar-refractivity contribution in [1.82, 2.24) is 24.9 Å². The lowest BCUT2D eigenvalue weighted by Gasteiger charge is -2.38. The van der Waals surface area contributed by atoms with Crippen molar-refractivity contribution >= 4 is 36.8 Å². The fourth-order valence-corrected chi connectivity index (χ4v) is 6.67. The number of aromatic nitrogens is 4. The molecular weight excluding hydrogens is 588 g/mol. The van der Waals surface area contributed by atoms with Gasteiger partial charge in [-0.25, -0.2) is 19.3 Å². The van der Waals surface area contributed by atoms with E-state index in [0.29, 0.717) is 36.7 Å². The number of hydrogen-bond donors (Lipinski definition) is 1. The highest BCUT2D eigenvalue weighted by molar-refractivity contribution is 6.74. The molecule has 0 unspecified atom stereocenters. The van der Waals surface area contributed by atoms with Crippen molar-refractivity contribution in [2.75, 3.05) is 18.1 Å². The summed E-state index contributed by atoms with van der Waals surface area (Å²) in [5, 5.41) is 8.77. The Bertz CT molecular complexity index is 1680. The summed E-state index contributed by atoms with van der Waals surface area (Å²) in [6.45, 7) is 18.6.